The van der Waals surface area contributed by atoms with E-state index in [4.69, 9.17) is 26.0 Å². The van der Waals surface area contributed by atoms with Crippen molar-refractivity contribution in [2.75, 3.05) is 12.4 Å². The van der Waals surface area contributed by atoms with Gasteiger partial charge in [0.25, 0.3) is 0 Å². The van der Waals surface area contributed by atoms with E-state index in [2.05, 4.69) is 10.5 Å². The van der Waals surface area contributed by atoms with E-state index in [1.807, 2.05) is 0 Å². The molecule has 0 aliphatic rings. The summed E-state index contributed by atoms with van der Waals surface area (Å²) < 4.78 is 9.88. The standard InChI is InChI=1S/C13H11ClN2O5/c1-6(17)15-12-9(20-2)4-3-7(14)11(12)8-5-10(13(18)19)21-16-8/h3-5H,1-2H3,(H,15,17)(H,18,19). The lowest BCUT2D eigenvalue weighted by molar-refractivity contribution is -0.114. The van der Waals surface area contributed by atoms with Crippen LogP contribution in [0.1, 0.15) is 17.5 Å². The molecule has 8 heteroatoms. The van der Waals surface area contributed by atoms with Crippen LogP contribution in [0, 0.1) is 0 Å². The van der Waals surface area contributed by atoms with Gasteiger partial charge in [0.05, 0.1) is 17.8 Å². The predicted octanol–water partition coefficient (Wildman–Crippen LogP) is 2.66. The van der Waals surface area contributed by atoms with Gasteiger partial charge in [0.1, 0.15) is 11.4 Å². The Bertz CT molecular complexity index is 711. The highest BCUT2D eigenvalue weighted by Gasteiger charge is 2.21. The van der Waals surface area contributed by atoms with Crippen molar-refractivity contribution in [3.63, 3.8) is 0 Å². The molecule has 0 aliphatic carbocycles. The minimum absolute atomic E-state index is 0.181. The van der Waals surface area contributed by atoms with E-state index in [9.17, 15) is 9.59 Å². The lowest BCUT2D eigenvalue weighted by Crippen LogP contribution is -2.09. The van der Waals surface area contributed by atoms with Crippen molar-refractivity contribution in [2.45, 2.75) is 6.92 Å². The average molecular weight is 311 g/mol. The molecule has 0 fully saturated rings. The largest absolute Gasteiger partial charge is 0.495 e. The molecule has 0 atom stereocenters. The molecule has 2 N–H and O–H groups in total. The number of halogens is 1. The van der Waals surface area contributed by atoms with Gasteiger partial charge in [-0.25, -0.2) is 4.79 Å². The molecule has 110 valence electrons. The highest BCUT2D eigenvalue weighted by Crippen LogP contribution is 2.40. The van der Waals surface area contributed by atoms with E-state index in [0.29, 0.717) is 17.0 Å². The Kier molecular flexibility index (Phi) is 4.13. The number of hydrogen-bond donors (Lipinski definition) is 2. The van der Waals surface area contributed by atoms with Crippen LogP contribution in [0.3, 0.4) is 0 Å². The van der Waals surface area contributed by atoms with Crippen molar-refractivity contribution in [2.24, 2.45) is 0 Å². The quantitative estimate of drug-likeness (QED) is 0.900. The van der Waals surface area contributed by atoms with Crippen molar-refractivity contribution < 1.29 is 24.0 Å². The van der Waals surface area contributed by atoms with Gasteiger partial charge in [-0.2, -0.15) is 0 Å². The number of aromatic carboxylic acids is 1. The van der Waals surface area contributed by atoms with Crippen LogP contribution in [0.5, 0.6) is 5.75 Å². The molecule has 0 aliphatic heterocycles. The predicted molar refractivity (Wildman–Crippen MR) is 74.8 cm³/mol. The summed E-state index contributed by atoms with van der Waals surface area (Å²) in [5.41, 5.74) is 0.797. The first-order chi connectivity index (χ1) is 9.93. The maximum Gasteiger partial charge on any atom is 0.374 e. The third-order valence-electron chi connectivity index (χ3n) is 2.61. The molecule has 21 heavy (non-hydrogen) atoms. The third-order valence-corrected chi connectivity index (χ3v) is 2.93. The normalized spacial score (nSPS) is 10.2. The zero-order chi connectivity index (χ0) is 15.6. The van der Waals surface area contributed by atoms with Crippen LogP contribution >= 0.6 is 11.6 Å². The Morgan fingerprint density at radius 3 is 2.67 bits per heavy atom. The van der Waals surface area contributed by atoms with Crippen molar-refractivity contribution in [3.05, 3.63) is 29.0 Å². The number of rotatable bonds is 4. The highest BCUT2D eigenvalue weighted by molar-refractivity contribution is 6.34. The Balaban J connectivity index is 2.64. The van der Waals surface area contributed by atoms with Gasteiger partial charge in [0.2, 0.25) is 11.7 Å². The van der Waals surface area contributed by atoms with Gasteiger partial charge in [-0.05, 0) is 12.1 Å². The molecule has 2 rings (SSSR count). The number of carboxylic acids is 1. The number of ether oxygens (including phenoxy) is 1. The molecule has 0 spiro atoms. The first kappa shape index (κ1) is 14.9. The molecular weight excluding hydrogens is 300 g/mol. The van der Waals surface area contributed by atoms with Gasteiger partial charge >= 0.3 is 5.97 Å². The number of amides is 1. The zero-order valence-electron chi connectivity index (χ0n) is 11.1. The van der Waals surface area contributed by atoms with Crippen LogP contribution in [0.4, 0.5) is 5.69 Å². The minimum atomic E-state index is -1.26. The minimum Gasteiger partial charge on any atom is -0.495 e. The topological polar surface area (TPSA) is 102 Å². The number of benzene rings is 1. The van der Waals surface area contributed by atoms with Crippen molar-refractivity contribution in [1.29, 1.82) is 0 Å². The number of hydrogen-bond acceptors (Lipinski definition) is 5. The molecule has 1 aromatic carbocycles. The van der Waals surface area contributed by atoms with Gasteiger partial charge in [0, 0.05) is 18.6 Å². The summed E-state index contributed by atoms with van der Waals surface area (Å²) in [5.74, 6) is -1.56. The van der Waals surface area contributed by atoms with E-state index in [1.165, 1.54) is 20.1 Å². The monoisotopic (exact) mass is 310 g/mol. The number of nitrogens with one attached hydrogen (secondary N) is 1. The average Bonchev–Trinajstić information content (AvgIpc) is 2.88. The Morgan fingerprint density at radius 1 is 1.43 bits per heavy atom. The van der Waals surface area contributed by atoms with E-state index in [1.54, 1.807) is 12.1 Å². The van der Waals surface area contributed by atoms with Crippen molar-refractivity contribution in [3.8, 4) is 17.0 Å². The summed E-state index contributed by atoms with van der Waals surface area (Å²) in [4.78, 5) is 22.2. The second-order valence-electron chi connectivity index (χ2n) is 4.06. The summed E-state index contributed by atoms with van der Waals surface area (Å²) in [7, 11) is 1.43. The maximum absolute atomic E-state index is 11.3. The maximum atomic E-state index is 11.3. The molecule has 7 nitrogen and oxygen atoms in total. The molecule has 0 radical (unpaired) electrons. The van der Waals surface area contributed by atoms with Crippen molar-refractivity contribution >= 4 is 29.2 Å². The SMILES string of the molecule is COc1ccc(Cl)c(-c2cc(C(=O)O)on2)c1NC(C)=O. The highest BCUT2D eigenvalue weighted by atomic mass is 35.5. The summed E-state index contributed by atoms with van der Waals surface area (Å²) in [5, 5.41) is 15.4. The molecular formula is C13H11ClN2O5. The third kappa shape index (κ3) is 2.97. The van der Waals surface area contributed by atoms with Crippen LogP contribution in [0.25, 0.3) is 11.3 Å². The number of nitrogens with zero attached hydrogens (tertiary/aromatic N) is 1. The first-order valence-electron chi connectivity index (χ1n) is 5.78. The Labute approximate surface area is 124 Å². The number of aromatic nitrogens is 1. The fourth-order valence-corrected chi connectivity index (χ4v) is 2.03. The van der Waals surface area contributed by atoms with Crippen LogP contribution < -0.4 is 10.1 Å². The molecule has 0 saturated carbocycles. The summed E-state index contributed by atoms with van der Waals surface area (Å²) >= 11 is 6.13. The number of anilines is 1. The Hall–Kier alpha value is -2.54. The van der Waals surface area contributed by atoms with Gasteiger partial charge in [0.15, 0.2) is 0 Å². The second kappa shape index (κ2) is 5.84. The van der Waals surface area contributed by atoms with Crippen LogP contribution in [-0.2, 0) is 4.79 Å². The number of carbonyl (C=O) groups is 2. The van der Waals surface area contributed by atoms with E-state index < -0.39 is 5.97 Å². The molecule has 2 aromatic rings. The van der Waals surface area contributed by atoms with Crippen molar-refractivity contribution in [1.82, 2.24) is 5.16 Å². The van der Waals surface area contributed by atoms with E-state index >= 15 is 0 Å². The molecule has 0 saturated heterocycles. The van der Waals surface area contributed by atoms with Crippen LogP contribution in [0.15, 0.2) is 22.7 Å². The first-order valence-corrected chi connectivity index (χ1v) is 6.16. The summed E-state index contributed by atoms with van der Waals surface area (Å²) in [6.07, 6.45) is 0. The summed E-state index contributed by atoms with van der Waals surface area (Å²) in [6, 6.07) is 4.35. The van der Waals surface area contributed by atoms with Gasteiger partial charge < -0.3 is 19.7 Å². The van der Waals surface area contributed by atoms with Gasteiger partial charge in [-0.15, -0.1) is 0 Å². The smallest absolute Gasteiger partial charge is 0.374 e. The van der Waals surface area contributed by atoms with Gasteiger partial charge in [-0.3, -0.25) is 4.79 Å². The number of methoxy groups -OCH3 is 1. The molecule has 1 heterocycles. The molecule has 0 bridgehead atoms. The number of carboxylic acid groups (broad SMARTS) is 1. The Morgan fingerprint density at radius 2 is 2.14 bits per heavy atom. The number of carbonyl (C=O) groups excluding carboxylic acids is 1. The fourth-order valence-electron chi connectivity index (χ4n) is 1.77. The van der Waals surface area contributed by atoms with Crippen LogP contribution in [0.2, 0.25) is 5.02 Å². The van der Waals surface area contributed by atoms with E-state index in [-0.39, 0.29) is 22.4 Å². The fraction of sp³-hybridized carbons (Fsp3) is 0.154. The van der Waals surface area contributed by atoms with Crippen LogP contribution in [-0.4, -0.2) is 29.2 Å². The lowest BCUT2D eigenvalue weighted by Gasteiger charge is -2.14. The molecule has 0 unspecified atom stereocenters. The van der Waals surface area contributed by atoms with E-state index in [0.717, 1.165) is 0 Å². The lowest BCUT2D eigenvalue weighted by atomic mass is 10.1. The van der Waals surface area contributed by atoms with Gasteiger partial charge in [-0.1, -0.05) is 16.8 Å². The zero-order valence-corrected chi connectivity index (χ0v) is 11.9. The molecule has 1 amide bonds. The second-order valence-corrected chi connectivity index (χ2v) is 4.47. The summed E-state index contributed by atoms with van der Waals surface area (Å²) in [6.45, 7) is 1.33. The molecule has 1 aromatic heterocycles.